The molecule has 0 spiro atoms. The van der Waals surface area contributed by atoms with Crippen LogP contribution in [0.1, 0.15) is 0 Å². The molecular formula is C19H13Cl2N3OS. The lowest BCUT2D eigenvalue weighted by molar-refractivity contribution is -0.113. The van der Waals surface area contributed by atoms with Gasteiger partial charge in [0.2, 0.25) is 5.91 Å². The number of rotatable bonds is 3. The summed E-state index contributed by atoms with van der Waals surface area (Å²) in [5, 5.41) is 9.95. The fourth-order valence-corrected chi connectivity index (χ4v) is 4.01. The smallest absolute Gasteiger partial charge is 0.234 e. The Hall–Kier alpha value is -2.21. The van der Waals surface area contributed by atoms with Crippen molar-refractivity contribution in [3.05, 3.63) is 64.6 Å². The monoisotopic (exact) mass is 401 g/mol. The molecule has 1 aliphatic rings. The molecule has 4 rings (SSSR count). The first kappa shape index (κ1) is 17.2. The molecule has 7 heteroatoms. The molecule has 0 aromatic heterocycles. The van der Waals surface area contributed by atoms with E-state index in [-0.39, 0.29) is 11.7 Å². The highest BCUT2D eigenvalue weighted by molar-refractivity contribution is 8.14. The molecule has 1 amide bonds. The van der Waals surface area contributed by atoms with Gasteiger partial charge in [-0.15, -0.1) is 0 Å². The number of benzene rings is 3. The maximum atomic E-state index is 12.2. The van der Waals surface area contributed by atoms with Gasteiger partial charge in [-0.1, -0.05) is 59.2 Å². The lowest BCUT2D eigenvalue weighted by atomic mass is 10.1. The standard InChI is InChI=1S/C19H13Cl2N3OS/c20-12-7-13(21)9-14(8-12)22-17(25)10-26-19-23-15-5-1-3-11-4-2-6-16(24-19)18(11)15/h1-9H,10H2,(H,22,25)(H,23,24). The fraction of sp³-hybridized carbons (Fsp3) is 0.0526. The molecule has 26 heavy (non-hydrogen) atoms. The molecule has 0 aliphatic carbocycles. The molecule has 1 aliphatic heterocycles. The average Bonchev–Trinajstić information content (AvgIpc) is 2.59. The van der Waals surface area contributed by atoms with Crippen LogP contribution in [0.4, 0.5) is 17.1 Å². The Morgan fingerprint density at radius 2 is 1.81 bits per heavy atom. The normalized spacial score (nSPS) is 12.5. The van der Waals surface area contributed by atoms with Gasteiger partial charge in [0.15, 0.2) is 5.17 Å². The third-order valence-corrected chi connectivity index (χ3v) is 5.14. The second-order valence-electron chi connectivity index (χ2n) is 5.72. The quantitative estimate of drug-likeness (QED) is 0.571. The lowest BCUT2D eigenvalue weighted by Crippen LogP contribution is -2.18. The summed E-state index contributed by atoms with van der Waals surface area (Å²) in [7, 11) is 0. The summed E-state index contributed by atoms with van der Waals surface area (Å²) < 4.78 is 0. The molecule has 0 radical (unpaired) electrons. The van der Waals surface area contributed by atoms with E-state index in [0.717, 1.165) is 22.1 Å². The first-order valence-electron chi connectivity index (χ1n) is 7.85. The van der Waals surface area contributed by atoms with Gasteiger partial charge in [-0.2, -0.15) is 0 Å². The number of anilines is 2. The average molecular weight is 402 g/mol. The van der Waals surface area contributed by atoms with Crippen molar-refractivity contribution in [1.29, 1.82) is 0 Å². The number of thioether (sulfide) groups is 1. The summed E-state index contributed by atoms with van der Waals surface area (Å²) >= 11 is 13.2. The van der Waals surface area contributed by atoms with E-state index in [1.807, 2.05) is 24.3 Å². The minimum absolute atomic E-state index is 0.157. The molecule has 0 unspecified atom stereocenters. The molecule has 1 heterocycles. The summed E-state index contributed by atoms with van der Waals surface area (Å²) in [5.74, 6) is 0.0589. The zero-order valence-corrected chi connectivity index (χ0v) is 15.8. The van der Waals surface area contributed by atoms with Crippen molar-refractivity contribution in [2.75, 3.05) is 16.4 Å². The topological polar surface area (TPSA) is 53.5 Å². The number of aliphatic imine (C=N–C) groups is 1. The molecule has 0 fully saturated rings. The Bertz CT molecular complexity index is 1030. The predicted octanol–water partition coefficient (Wildman–Crippen LogP) is 5.93. The zero-order valence-electron chi connectivity index (χ0n) is 13.4. The minimum Gasteiger partial charge on any atom is -0.334 e. The second-order valence-corrected chi connectivity index (χ2v) is 7.55. The van der Waals surface area contributed by atoms with Gasteiger partial charge < -0.3 is 10.6 Å². The third kappa shape index (κ3) is 3.65. The van der Waals surface area contributed by atoms with Crippen LogP contribution in [-0.4, -0.2) is 16.8 Å². The largest absolute Gasteiger partial charge is 0.334 e. The van der Waals surface area contributed by atoms with Gasteiger partial charge in [0.25, 0.3) is 0 Å². The summed E-state index contributed by atoms with van der Waals surface area (Å²) in [5.41, 5.74) is 2.47. The summed E-state index contributed by atoms with van der Waals surface area (Å²) in [6.45, 7) is 0. The van der Waals surface area contributed by atoms with Gasteiger partial charge in [-0.3, -0.25) is 4.79 Å². The Balaban J connectivity index is 1.46. The number of carbonyl (C=O) groups excluding carboxylic acids is 1. The Kier molecular flexibility index (Phi) is 4.76. The van der Waals surface area contributed by atoms with E-state index < -0.39 is 0 Å². The number of hydrogen-bond donors (Lipinski definition) is 2. The van der Waals surface area contributed by atoms with Crippen LogP contribution >= 0.6 is 35.0 Å². The van der Waals surface area contributed by atoms with E-state index in [2.05, 4.69) is 27.8 Å². The Morgan fingerprint density at radius 1 is 1.08 bits per heavy atom. The molecule has 0 bridgehead atoms. The van der Waals surface area contributed by atoms with Crippen molar-refractivity contribution < 1.29 is 4.79 Å². The van der Waals surface area contributed by atoms with E-state index in [4.69, 9.17) is 23.2 Å². The van der Waals surface area contributed by atoms with Crippen molar-refractivity contribution in [3.8, 4) is 0 Å². The van der Waals surface area contributed by atoms with Crippen molar-refractivity contribution in [2.45, 2.75) is 0 Å². The fourth-order valence-electron chi connectivity index (χ4n) is 2.80. The molecular weight excluding hydrogens is 389 g/mol. The van der Waals surface area contributed by atoms with Gasteiger partial charge in [0, 0.05) is 21.1 Å². The maximum Gasteiger partial charge on any atom is 0.234 e. The Morgan fingerprint density at radius 3 is 2.58 bits per heavy atom. The first-order valence-corrected chi connectivity index (χ1v) is 9.59. The molecule has 0 atom stereocenters. The number of nitrogens with zero attached hydrogens (tertiary/aromatic N) is 1. The molecule has 2 N–H and O–H groups in total. The zero-order chi connectivity index (χ0) is 18.1. The van der Waals surface area contributed by atoms with E-state index >= 15 is 0 Å². The van der Waals surface area contributed by atoms with Crippen LogP contribution in [0.3, 0.4) is 0 Å². The van der Waals surface area contributed by atoms with Crippen LogP contribution in [0.25, 0.3) is 10.8 Å². The van der Waals surface area contributed by atoms with Crippen molar-refractivity contribution >= 4 is 73.9 Å². The lowest BCUT2D eigenvalue weighted by Gasteiger charge is -2.18. The molecule has 3 aromatic carbocycles. The van der Waals surface area contributed by atoms with Crippen LogP contribution in [0.15, 0.2) is 59.6 Å². The molecule has 0 saturated heterocycles. The number of nitrogens with one attached hydrogen (secondary N) is 2. The number of amidine groups is 1. The van der Waals surface area contributed by atoms with Crippen LogP contribution in [-0.2, 0) is 4.79 Å². The number of amides is 1. The molecule has 4 nitrogen and oxygen atoms in total. The first-order chi connectivity index (χ1) is 12.6. The molecule has 130 valence electrons. The van der Waals surface area contributed by atoms with Crippen LogP contribution < -0.4 is 10.6 Å². The van der Waals surface area contributed by atoms with Gasteiger partial charge >= 0.3 is 0 Å². The third-order valence-electron chi connectivity index (χ3n) is 3.83. The van der Waals surface area contributed by atoms with Gasteiger partial charge in [-0.05, 0) is 35.7 Å². The highest BCUT2D eigenvalue weighted by Gasteiger charge is 2.15. The van der Waals surface area contributed by atoms with Crippen molar-refractivity contribution in [2.24, 2.45) is 4.99 Å². The van der Waals surface area contributed by atoms with Crippen molar-refractivity contribution in [1.82, 2.24) is 0 Å². The Labute approximate surface area is 164 Å². The molecule has 0 saturated carbocycles. The van der Waals surface area contributed by atoms with Gasteiger partial charge in [0.1, 0.15) is 0 Å². The molecule has 3 aromatic rings. The summed E-state index contributed by atoms with van der Waals surface area (Å²) in [6, 6.07) is 17.0. The van der Waals surface area contributed by atoms with E-state index in [1.54, 1.807) is 18.2 Å². The van der Waals surface area contributed by atoms with Crippen LogP contribution in [0.5, 0.6) is 0 Å². The summed E-state index contributed by atoms with van der Waals surface area (Å²) in [6.07, 6.45) is 0. The minimum atomic E-state index is -0.157. The maximum absolute atomic E-state index is 12.2. The highest BCUT2D eigenvalue weighted by Crippen LogP contribution is 2.36. The number of halogens is 2. The van der Waals surface area contributed by atoms with Crippen LogP contribution in [0, 0.1) is 0 Å². The van der Waals surface area contributed by atoms with E-state index in [9.17, 15) is 4.79 Å². The summed E-state index contributed by atoms with van der Waals surface area (Å²) in [4.78, 5) is 16.8. The number of hydrogen-bond acceptors (Lipinski definition) is 4. The second kappa shape index (κ2) is 7.19. The van der Waals surface area contributed by atoms with Gasteiger partial charge in [-0.25, -0.2) is 4.99 Å². The predicted molar refractivity (Wildman–Crippen MR) is 112 cm³/mol. The number of carbonyl (C=O) groups is 1. The van der Waals surface area contributed by atoms with E-state index in [1.165, 1.54) is 11.8 Å². The SMILES string of the molecule is O=C(CSC1=Nc2cccc3cccc(c23)N1)Nc1cc(Cl)cc(Cl)c1. The van der Waals surface area contributed by atoms with Crippen molar-refractivity contribution in [3.63, 3.8) is 0 Å². The van der Waals surface area contributed by atoms with Gasteiger partial charge in [0.05, 0.1) is 17.1 Å². The van der Waals surface area contributed by atoms with E-state index in [0.29, 0.717) is 20.9 Å². The van der Waals surface area contributed by atoms with Crippen LogP contribution in [0.2, 0.25) is 10.0 Å². The highest BCUT2D eigenvalue weighted by atomic mass is 35.5.